The first-order chi connectivity index (χ1) is 15.3. The molecule has 1 unspecified atom stereocenters. The molecule has 166 valence electrons. The molecule has 2 fully saturated rings. The maximum atomic E-state index is 13.1. The van der Waals surface area contributed by atoms with Crippen molar-refractivity contribution in [2.75, 3.05) is 36.5 Å². The van der Waals surface area contributed by atoms with Gasteiger partial charge >= 0.3 is 6.03 Å². The quantitative estimate of drug-likeness (QED) is 0.366. The van der Waals surface area contributed by atoms with Gasteiger partial charge in [-0.1, -0.05) is 12.1 Å². The van der Waals surface area contributed by atoms with Gasteiger partial charge in [0.1, 0.15) is 5.54 Å². The lowest BCUT2D eigenvalue weighted by Crippen LogP contribution is -2.40. The molecule has 0 aliphatic carbocycles. The molecule has 0 bridgehead atoms. The summed E-state index contributed by atoms with van der Waals surface area (Å²) in [6.07, 6.45) is 0. The number of nitro benzene ring substituents is 1. The molecule has 11 heteroatoms. The molecule has 0 saturated carbocycles. The minimum Gasteiger partial charge on any atom is -0.378 e. The van der Waals surface area contributed by atoms with Gasteiger partial charge in [0, 0.05) is 30.9 Å². The molecule has 2 heterocycles. The smallest absolute Gasteiger partial charge is 0.322 e. The summed E-state index contributed by atoms with van der Waals surface area (Å²) in [6, 6.07) is 10.1. The molecule has 4 amide bonds. The predicted octanol–water partition coefficient (Wildman–Crippen LogP) is 1.74. The summed E-state index contributed by atoms with van der Waals surface area (Å²) in [6.45, 7) is 3.66. The van der Waals surface area contributed by atoms with Crippen LogP contribution in [0.4, 0.5) is 21.9 Å². The van der Waals surface area contributed by atoms with E-state index < -0.39 is 28.3 Å². The van der Waals surface area contributed by atoms with Crippen molar-refractivity contribution < 1.29 is 24.0 Å². The molecule has 0 aromatic heterocycles. The molecular weight excluding hydrogens is 418 g/mol. The van der Waals surface area contributed by atoms with E-state index in [1.54, 1.807) is 37.3 Å². The number of hydrogen-bond acceptors (Lipinski definition) is 7. The zero-order valence-corrected chi connectivity index (χ0v) is 17.2. The van der Waals surface area contributed by atoms with E-state index in [0.29, 0.717) is 43.2 Å². The van der Waals surface area contributed by atoms with Gasteiger partial charge in [-0.15, -0.1) is 0 Å². The second kappa shape index (κ2) is 8.27. The number of benzene rings is 2. The van der Waals surface area contributed by atoms with Gasteiger partial charge in [0.15, 0.2) is 0 Å². The van der Waals surface area contributed by atoms with E-state index in [-0.39, 0.29) is 11.3 Å². The van der Waals surface area contributed by atoms with Crippen LogP contribution in [-0.4, -0.2) is 49.1 Å². The Morgan fingerprint density at radius 3 is 2.59 bits per heavy atom. The van der Waals surface area contributed by atoms with E-state index in [0.717, 1.165) is 0 Å². The van der Waals surface area contributed by atoms with Gasteiger partial charge in [-0.3, -0.25) is 25.0 Å². The molecule has 2 aliphatic heterocycles. The van der Waals surface area contributed by atoms with Crippen LogP contribution in [-0.2, 0) is 15.1 Å². The highest BCUT2D eigenvalue weighted by atomic mass is 16.6. The Kier molecular flexibility index (Phi) is 5.49. The van der Waals surface area contributed by atoms with Crippen LogP contribution in [0.2, 0.25) is 0 Å². The van der Waals surface area contributed by atoms with E-state index in [9.17, 15) is 24.5 Å². The molecule has 11 nitrogen and oxygen atoms in total. The number of carbonyl (C=O) groups is 3. The van der Waals surface area contributed by atoms with Crippen LogP contribution in [0.25, 0.3) is 0 Å². The zero-order chi connectivity index (χ0) is 22.9. The molecule has 2 aromatic carbocycles. The Labute approximate surface area is 182 Å². The first-order valence-electron chi connectivity index (χ1n) is 9.94. The maximum Gasteiger partial charge on any atom is 0.322 e. The van der Waals surface area contributed by atoms with Crippen molar-refractivity contribution in [2.24, 2.45) is 0 Å². The van der Waals surface area contributed by atoms with Crippen LogP contribution >= 0.6 is 0 Å². The number of urea groups is 1. The number of nitrogens with zero attached hydrogens (tertiary/aromatic N) is 2. The fourth-order valence-electron chi connectivity index (χ4n) is 3.75. The first-order valence-corrected chi connectivity index (χ1v) is 9.94. The van der Waals surface area contributed by atoms with Gasteiger partial charge in [0.2, 0.25) is 0 Å². The average molecular weight is 439 g/mol. The second-order valence-electron chi connectivity index (χ2n) is 7.63. The third-order valence-corrected chi connectivity index (χ3v) is 5.53. The van der Waals surface area contributed by atoms with Crippen molar-refractivity contribution in [1.82, 2.24) is 10.6 Å². The number of carbonyl (C=O) groups excluding carboxylic acids is 3. The maximum absolute atomic E-state index is 13.1. The second-order valence-corrected chi connectivity index (χ2v) is 7.63. The topological polar surface area (TPSA) is 143 Å². The minimum absolute atomic E-state index is 0.157. The molecule has 2 aromatic rings. The summed E-state index contributed by atoms with van der Waals surface area (Å²) in [7, 11) is 0. The number of nitrogens with one attached hydrogen (secondary N) is 3. The van der Waals surface area contributed by atoms with E-state index in [1.807, 2.05) is 4.90 Å². The zero-order valence-electron chi connectivity index (χ0n) is 17.2. The van der Waals surface area contributed by atoms with E-state index in [4.69, 9.17) is 4.74 Å². The summed E-state index contributed by atoms with van der Waals surface area (Å²) in [5, 5.41) is 18.8. The Hall–Kier alpha value is -3.99. The number of imide groups is 1. The van der Waals surface area contributed by atoms with Crippen molar-refractivity contribution in [1.29, 1.82) is 0 Å². The van der Waals surface area contributed by atoms with E-state index in [1.165, 1.54) is 12.1 Å². The monoisotopic (exact) mass is 439 g/mol. The lowest BCUT2D eigenvalue weighted by Gasteiger charge is -2.30. The fourth-order valence-corrected chi connectivity index (χ4v) is 3.75. The third kappa shape index (κ3) is 3.97. The van der Waals surface area contributed by atoms with Crippen molar-refractivity contribution in [3.8, 4) is 0 Å². The average Bonchev–Trinajstić information content (AvgIpc) is 3.06. The lowest BCUT2D eigenvalue weighted by molar-refractivity contribution is -0.384. The van der Waals surface area contributed by atoms with Crippen molar-refractivity contribution in [2.45, 2.75) is 12.5 Å². The van der Waals surface area contributed by atoms with Crippen molar-refractivity contribution >= 4 is 34.9 Å². The van der Waals surface area contributed by atoms with Crippen LogP contribution in [0, 0.1) is 10.1 Å². The molecule has 2 aliphatic rings. The number of non-ortho nitro benzene ring substituents is 1. The van der Waals surface area contributed by atoms with Gasteiger partial charge in [-0.2, -0.15) is 0 Å². The van der Waals surface area contributed by atoms with Crippen LogP contribution < -0.4 is 20.9 Å². The van der Waals surface area contributed by atoms with E-state index in [2.05, 4.69) is 16.0 Å². The number of nitro groups is 1. The summed E-state index contributed by atoms with van der Waals surface area (Å²) >= 11 is 0. The summed E-state index contributed by atoms with van der Waals surface area (Å²) in [4.78, 5) is 49.6. The van der Waals surface area contributed by atoms with Crippen LogP contribution in [0.3, 0.4) is 0 Å². The number of ether oxygens (including phenoxy) is 1. The first kappa shape index (κ1) is 21.2. The largest absolute Gasteiger partial charge is 0.378 e. The molecular formula is C21H21N5O6. The molecule has 4 rings (SSSR count). The number of morpholine rings is 1. The Balaban J connectivity index is 1.64. The summed E-state index contributed by atoms with van der Waals surface area (Å²) < 4.78 is 5.35. The predicted molar refractivity (Wildman–Crippen MR) is 115 cm³/mol. The van der Waals surface area contributed by atoms with Gasteiger partial charge in [0.05, 0.1) is 29.4 Å². The van der Waals surface area contributed by atoms with Crippen molar-refractivity contribution in [3.63, 3.8) is 0 Å². The third-order valence-electron chi connectivity index (χ3n) is 5.53. The normalized spacial score (nSPS) is 20.5. The highest BCUT2D eigenvalue weighted by Crippen LogP contribution is 2.29. The highest BCUT2D eigenvalue weighted by Gasteiger charge is 2.43. The molecule has 3 N–H and O–H groups in total. The Morgan fingerprint density at radius 1 is 1.19 bits per heavy atom. The van der Waals surface area contributed by atoms with Crippen molar-refractivity contribution in [3.05, 3.63) is 63.7 Å². The van der Waals surface area contributed by atoms with Crippen LogP contribution in [0.15, 0.2) is 42.5 Å². The van der Waals surface area contributed by atoms with Crippen LogP contribution in [0.1, 0.15) is 22.8 Å². The highest BCUT2D eigenvalue weighted by molar-refractivity contribution is 6.09. The Morgan fingerprint density at radius 2 is 1.94 bits per heavy atom. The fraction of sp³-hybridized carbons (Fsp3) is 0.286. The van der Waals surface area contributed by atoms with Gasteiger partial charge < -0.3 is 20.3 Å². The van der Waals surface area contributed by atoms with E-state index >= 15 is 0 Å². The van der Waals surface area contributed by atoms with Gasteiger partial charge in [-0.25, -0.2) is 4.79 Å². The standard InChI is InChI=1S/C21H21N5O6/c1-21(19(28)23-20(29)24-21)13-3-2-4-14(11-13)22-18(27)16-12-15(26(30)31)5-6-17(16)25-7-9-32-10-8-25/h2-6,11-12H,7-10H2,1H3,(H,22,27)(H2,23,24,28,29). The molecule has 32 heavy (non-hydrogen) atoms. The molecule has 1 atom stereocenters. The SMILES string of the molecule is CC1(c2cccc(NC(=O)c3cc([N+](=O)[O-])ccc3N3CCOCC3)c2)NC(=O)NC1=O. The minimum atomic E-state index is -1.28. The number of hydrogen-bond donors (Lipinski definition) is 3. The molecule has 2 saturated heterocycles. The number of anilines is 2. The van der Waals surface area contributed by atoms with Gasteiger partial charge in [0.25, 0.3) is 17.5 Å². The number of amides is 4. The summed E-state index contributed by atoms with van der Waals surface area (Å²) in [5.41, 5.74) is 0.112. The van der Waals surface area contributed by atoms with Crippen LogP contribution in [0.5, 0.6) is 0 Å². The molecule has 0 radical (unpaired) electrons. The molecule has 0 spiro atoms. The Bertz CT molecular complexity index is 1110. The summed E-state index contributed by atoms with van der Waals surface area (Å²) in [5.74, 6) is -1.03. The van der Waals surface area contributed by atoms with Gasteiger partial charge in [-0.05, 0) is 30.7 Å². The number of rotatable bonds is 5. The lowest BCUT2D eigenvalue weighted by atomic mass is 9.92.